The van der Waals surface area contributed by atoms with E-state index >= 15 is 0 Å². The number of benzene rings is 2. The number of hydrogen-bond acceptors (Lipinski definition) is 5. The van der Waals surface area contributed by atoms with E-state index in [2.05, 4.69) is 6.92 Å². The normalized spacial score (nSPS) is 21.7. The van der Waals surface area contributed by atoms with Crippen LogP contribution in [0.2, 0.25) is 0 Å². The standard InChI is InChI=1S/C44H66NO5/c1-3-5-6-7-8-9-10-11-12-13-14-15-22-29-41(46)49-42(4-2)50-44(36-25-18-16-19-26-36,37-27-20-17-21-28-37)43(47)48-40-34-38-30-31-39(35-40)45(38)32-23-24-33-45/h16-21,25-28,38-40,42H,3-15,22-24,29-35H2,1-2H3/q+1. The monoisotopic (exact) mass is 688 g/mol. The summed E-state index contributed by atoms with van der Waals surface area (Å²) in [7, 11) is 0. The van der Waals surface area contributed by atoms with Gasteiger partial charge >= 0.3 is 11.9 Å². The van der Waals surface area contributed by atoms with Gasteiger partial charge in [0.25, 0.3) is 0 Å². The van der Waals surface area contributed by atoms with Gasteiger partial charge < -0.3 is 18.7 Å². The number of piperidine rings is 1. The minimum Gasteiger partial charge on any atom is -0.459 e. The van der Waals surface area contributed by atoms with Crippen molar-refractivity contribution in [3.05, 3.63) is 71.8 Å². The maximum Gasteiger partial charge on any atom is 0.348 e. The summed E-state index contributed by atoms with van der Waals surface area (Å²) >= 11 is 0. The molecule has 3 unspecified atom stereocenters. The van der Waals surface area contributed by atoms with E-state index in [9.17, 15) is 9.59 Å². The number of carbonyl (C=O) groups is 2. The van der Waals surface area contributed by atoms with Crippen LogP contribution in [0, 0.1) is 0 Å². The molecule has 1 spiro atoms. The SMILES string of the molecule is CCCCCCCCCCCCCCCC(=O)OC(CC)OC(C(=O)OC1CC2CCC(C1)[N+]21CCCC1)(c1ccccc1)c1ccccc1. The van der Waals surface area contributed by atoms with Gasteiger partial charge in [0.05, 0.1) is 25.2 Å². The molecule has 6 heteroatoms. The van der Waals surface area contributed by atoms with Gasteiger partial charge in [0, 0.05) is 51.4 Å². The Hall–Kier alpha value is -2.70. The Morgan fingerprint density at radius 3 is 1.66 bits per heavy atom. The highest BCUT2D eigenvalue weighted by atomic mass is 16.7. The van der Waals surface area contributed by atoms with Crippen molar-refractivity contribution >= 4 is 11.9 Å². The highest BCUT2D eigenvalue weighted by Crippen LogP contribution is 2.47. The molecule has 2 aromatic rings. The number of carbonyl (C=O) groups excluding carboxylic acids is 2. The van der Waals surface area contributed by atoms with Crippen LogP contribution in [0.25, 0.3) is 0 Å². The third-order valence-electron chi connectivity index (χ3n) is 12.1. The van der Waals surface area contributed by atoms with E-state index < -0.39 is 17.9 Å². The molecule has 0 N–H and O–H groups in total. The lowest BCUT2D eigenvalue weighted by Crippen LogP contribution is -2.60. The minimum atomic E-state index is -1.56. The number of unbranched alkanes of at least 4 members (excludes halogenated alkanes) is 12. The molecule has 3 heterocycles. The van der Waals surface area contributed by atoms with E-state index in [1.54, 1.807) is 0 Å². The fourth-order valence-corrected chi connectivity index (χ4v) is 9.35. The summed E-state index contributed by atoms with van der Waals surface area (Å²) in [6.45, 7) is 6.76. The van der Waals surface area contributed by atoms with Gasteiger partial charge in [-0.1, -0.05) is 152 Å². The summed E-state index contributed by atoms with van der Waals surface area (Å²) in [6, 6.07) is 20.4. The van der Waals surface area contributed by atoms with Crippen molar-refractivity contribution in [1.29, 1.82) is 0 Å². The van der Waals surface area contributed by atoms with Crippen LogP contribution in [0.4, 0.5) is 0 Å². The van der Waals surface area contributed by atoms with E-state index in [4.69, 9.17) is 14.2 Å². The predicted molar refractivity (Wildman–Crippen MR) is 200 cm³/mol. The van der Waals surface area contributed by atoms with Crippen LogP contribution >= 0.6 is 0 Å². The quantitative estimate of drug-likeness (QED) is 0.0533. The molecule has 3 fully saturated rings. The summed E-state index contributed by atoms with van der Waals surface area (Å²) in [5.74, 6) is -0.688. The highest BCUT2D eigenvalue weighted by molar-refractivity contribution is 5.86. The summed E-state index contributed by atoms with van der Waals surface area (Å²) in [4.78, 5) is 27.9. The number of quaternary nitrogens is 1. The second kappa shape index (κ2) is 19.8. The predicted octanol–water partition coefficient (Wildman–Crippen LogP) is 10.6. The van der Waals surface area contributed by atoms with Crippen molar-refractivity contribution in [3.8, 4) is 0 Å². The van der Waals surface area contributed by atoms with Gasteiger partial charge in [-0.25, -0.2) is 4.79 Å². The lowest BCUT2D eigenvalue weighted by Gasteiger charge is -2.47. The van der Waals surface area contributed by atoms with Crippen molar-refractivity contribution in [2.45, 2.75) is 179 Å². The minimum absolute atomic E-state index is 0.141. The zero-order valence-electron chi connectivity index (χ0n) is 31.3. The first-order valence-electron chi connectivity index (χ1n) is 20.6. The Morgan fingerprint density at radius 2 is 1.18 bits per heavy atom. The van der Waals surface area contributed by atoms with Crippen LogP contribution in [-0.2, 0) is 29.4 Å². The molecule has 3 aliphatic rings. The Balaban J connectivity index is 1.17. The van der Waals surface area contributed by atoms with Gasteiger partial charge in [-0.05, 0) is 17.5 Å². The van der Waals surface area contributed by atoms with E-state index in [0.29, 0.717) is 36.1 Å². The zero-order chi connectivity index (χ0) is 35.1. The third-order valence-corrected chi connectivity index (χ3v) is 12.1. The molecule has 0 radical (unpaired) electrons. The fraction of sp³-hybridized carbons (Fsp3) is 0.682. The van der Waals surface area contributed by atoms with Crippen molar-refractivity contribution in [1.82, 2.24) is 0 Å². The maximum absolute atomic E-state index is 14.7. The molecule has 50 heavy (non-hydrogen) atoms. The van der Waals surface area contributed by atoms with Crippen LogP contribution in [0.5, 0.6) is 0 Å². The molecule has 3 atom stereocenters. The number of hydrogen-bond donors (Lipinski definition) is 0. The molecule has 276 valence electrons. The Kier molecular flexibility index (Phi) is 15.2. The number of ether oxygens (including phenoxy) is 3. The number of esters is 2. The zero-order valence-corrected chi connectivity index (χ0v) is 31.3. The van der Waals surface area contributed by atoms with E-state index in [1.165, 1.54) is 107 Å². The summed E-state index contributed by atoms with van der Waals surface area (Å²) < 4.78 is 20.6. The van der Waals surface area contributed by atoms with Crippen molar-refractivity contribution in [2.75, 3.05) is 13.1 Å². The molecule has 6 nitrogen and oxygen atoms in total. The van der Waals surface area contributed by atoms with Crippen molar-refractivity contribution in [3.63, 3.8) is 0 Å². The average Bonchev–Trinajstić information content (AvgIpc) is 3.69. The topological polar surface area (TPSA) is 61.8 Å². The largest absolute Gasteiger partial charge is 0.459 e. The number of nitrogens with zero attached hydrogens (tertiary/aromatic N) is 1. The molecule has 0 amide bonds. The van der Waals surface area contributed by atoms with Crippen molar-refractivity contribution in [2.24, 2.45) is 0 Å². The second-order valence-electron chi connectivity index (χ2n) is 15.5. The smallest absolute Gasteiger partial charge is 0.348 e. The molecular formula is C44H66NO5+. The van der Waals surface area contributed by atoms with Crippen LogP contribution in [0.15, 0.2) is 60.7 Å². The summed E-state index contributed by atoms with van der Waals surface area (Å²) in [5, 5.41) is 0. The number of rotatable bonds is 22. The molecule has 0 aliphatic carbocycles. The van der Waals surface area contributed by atoms with Crippen molar-refractivity contribution < 1.29 is 28.3 Å². The molecule has 3 saturated heterocycles. The highest BCUT2D eigenvalue weighted by Gasteiger charge is 2.57. The molecular weight excluding hydrogens is 622 g/mol. The Morgan fingerprint density at radius 1 is 0.700 bits per heavy atom. The van der Waals surface area contributed by atoms with Gasteiger partial charge in [0.15, 0.2) is 0 Å². The van der Waals surface area contributed by atoms with Crippen LogP contribution in [-0.4, -0.2) is 54.0 Å². The first kappa shape index (κ1) is 38.5. The van der Waals surface area contributed by atoms with Gasteiger partial charge in [-0.2, -0.15) is 0 Å². The van der Waals surface area contributed by atoms with E-state index in [1.807, 2.05) is 67.6 Å². The first-order valence-corrected chi connectivity index (χ1v) is 20.6. The molecule has 5 rings (SSSR count). The molecule has 2 bridgehead atoms. The Bertz CT molecular complexity index is 1220. The fourth-order valence-electron chi connectivity index (χ4n) is 9.35. The summed E-state index contributed by atoms with van der Waals surface area (Å²) in [6.07, 6.45) is 23.0. The van der Waals surface area contributed by atoms with Gasteiger partial charge in [-0.3, -0.25) is 4.79 Å². The van der Waals surface area contributed by atoms with Crippen LogP contribution in [0.1, 0.15) is 160 Å². The molecule has 3 aliphatic heterocycles. The van der Waals surface area contributed by atoms with Crippen LogP contribution in [0.3, 0.4) is 0 Å². The molecule has 2 aromatic carbocycles. The van der Waals surface area contributed by atoms with Gasteiger partial charge in [0.1, 0.15) is 6.10 Å². The van der Waals surface area contributed by atoms with Gasteiger partial charge in [0.2, 0.25) is 11.9 Å². The Labute approximate surface area is 303 Å². The molecule has 0 aromatic heterocycles. The maximum atomic E-state index is 14.7. The first-order chi connectivity index (χ1) is 24.5. The van der Waals surface area contributed by atoms with Crippen LogP contribution < -0.4 is 0 Å². The average molecular weight is 689 g/mol. The third kappa shape index (κ3) is 9.79. The molecule has 0 saturated carbocycles. The van der Waals surface area contributed by atoms with E-state index in [-0.39, 0.29) is 12.1 Å². The lowest BCUT2D eigenvalue weighted by atomic mass is 9.85. The van der Waals surface area contributed by atoms with E-state index in [0.717, 1.165) is 32.1 Å². The summed E-state index contributed by atoms with van der Waals surface area (Å²) in [5.41, 5.74) is -0.192. The lowest BCUT2D eigenvalue weighted by molar-refractivity contribution is -0.956. The van der Waals surface area contributed by atoms with Gasteiger partial charge in [-0.15, -0.1) is 0 Å². The second-order valence-corrected chi connectivity index (χ2v) is 15.5.